The maximum absolute atomic E-state index is 3.73. The number of rotatable bonds is 3. The summed E-state index contributed by atoms with van der Waals surface area (Å²) in [5, 5.41) is 3.27. The van der Waals surface area contributed by atoms with Crippen molar-refractivity contribution in [3.63, 3.8) is 0 Å². The molecule has 1 N–H and O–H groups in total. The first-order valence-electron chi connectivity index (χ1n) is 4.52. The van der Waals surface area contributed by atoms with Crippen LogP contribution in [0.3, 0.4) is 0 Å². The van der Waals surface area contributed by atoms with Crippen LogP contribution in [-0.4, -0.2) is 7.05 Å². The molecule has 0 amide bonds. The van der Waals surface area contributed by atoms with Crippen LogP contribution in [0.15, 0.2) is 30.8 Å². The quantitative estimate of drug-likeness (QED) is 0.745. The molecular weight excluding hydrogens is 158 g/mol. The van der Waals surface area contributed by atoms with Gasteiger partial charge in [-0.15, -0.1) is 0 Å². The Morgan fingerprint density at radius 2 is 1.77 bits per heavy atom. The fraction of sp³-hybridized carbons (Fsp3) is 0.333. The molecule has 1 aromatic carbocycles. The second kappa shape index (κ2) is 3.75. The number of hydrogen-bond donors (Lipinski definition) is 1. The predicted molar refractivity (Wildman–Crippen MR) is 58.6 cm³/mol. The SMILES string of the molecule is C=Cc1ccc(C(C)(C)NC)cc1. The molecule has 1 aromatic rings. The molecule has 0 aliphatic heterocycles. The van der Waals surface area contributed by atoms with E-state index in [9.17, 15) is 0 Å². The Kier molecular flexibility index (Phi) is 2.89. The highest BCUT2D eigenvalue weighted by Gasteiger charge is 2.16. The molecule has 0 aliphatic carbocycles. The van der Waals surface area contributed by atoms with Crippen molar-refractivity contribution in [3.8, 4) is 0 Å². The first kappa shape index (κ1) is 10.0. The fourth-order valence-electron chi connectivity index (χ4n) is 1.18. The molecule has 1 heteroatoms. The van der Waals surface area contributed by atoms with Gasteiger partial charge in [0, 0.05) is 5.54 Å². The molecule has 0 atom stereocenters. The second-order valence-corrected chi connectivity index (χ2v) is 3.70. The van der Waals surface area contributed by atoms with Gasteiger partial charge in [-0.25, -0.2) is 0 Å². The third-order valence-corrected chi connectivity index (χ3v) is 2.49. The van der Waals surface area contributed by atoms with Gasteiger partial charge in [0.25, 0.3) is 0 Å². The minimum atomic E-state index is 0.0414. The third kappa shape index (κ3) is 2.19. The van der Waals surface area contributed by atoms with E-state index in [1.54, 1.807) is 0 Å². The van der Waals surface area contributed by atoms with Crippen LogP contribution in [0.25, 0.3) is 6.08 Å². The Balaban J connectivity index is 2.98. The van der Waals surface area contributed by atoms with E-state index in [-0.39, 0.29) is 5.54 Å². The summed E-state index contributed by atoms with van der Waals surface area (Å²) in [6.07, 6.45) is 1.86. The van der Waals surface area contributed by atoms with Crippen molar-refractivity contribution >= 4 is 6.08 Å². The highest BCUT2D eigenvalue weighted by Crippen LogP contribution is 2.19. The fourth-order valence-corrected chi connectivity index (χ4v) is 1.18. The van der Waals surface area contributed by atoms with Gasteiger partial charge in [0.15, 0.2) is 0 Å². The van der Waals surface area contributed by atoms with Gasteiger partial charge in [0.05, 0.1) is 0 Å². The number of benzene rings is 1. The summed E-state index contributed by atoms with van der Waals surface area (Å²) in [7, 11) is 1.97. The van der Waals surface area contributed by atoms with Gasteiger partial charge in [-0.3, -0.25) is 0 Å². The van der Waals surface area contributed by atoms with Crippen molar-refractivity contribution in [1.29, 1.82) is 0 Å². The minimum absolute atomic E-state index is 0.0414. The number of hydrogen-bond acceptors (Lipinski definition) is 1. The van der Waals surface area contributed by atoms with Crippen LogP contribution in [0.5, 0.6) is 0 Å². The second-order valence-electron chi connectivity index (χ2n) is 3.70. The van der Waals surface area contributed by atoms with Gasteiger partial charge >= 0.3 is 0 Å². The van der Waals surface area contributed by atoms with Crippen LogP contribution in [0.2, 0.25) is 0 Å². The lowest BCUT2D eigenvalue weighted by Crippen LogP contribution is -2.32. The van der Waals surface area contributed by atoms with E-state index in [0.29, 0.717) is 0 Å². The molecule has 0 saturated heterocycles. The van der Waals surface area contributed by atoms with Gasteiger partial charge in [0.2, 0.25) is 0 Å². The average molecular weight is 175 g/mol. The van der Waals surface area contributed by atoms with Crippen molar-refractivity contribution in [3.05, 3.63) is 42.0 Å². The topological polar surface area (TPSA) is 12.0 Å². The molecule has 1 rings (SSSR count). The van der Waals surface area contributed by atoms with Gasteiger partial charge in [-0.2, -0.15) is 0 Å². The lowest BCUT2D eigenvalue weighted by Gasteiger charge is -2.24. The zero-order valence-electron chi connectivity index (χ0n) is 8.59. The van der Waals surface area contributed by atoms with Gasteiger partial charge in [-0.1, -0.05) is 36.9 Å². The Bertz CT molecular complexity index is 282. The van der Waals surface area contributed by atoms with E-state index < -0.39 is 0 Å². The largest absolute Gasteiger partial charge is 0.311 e. The van der Waals surface area contributed by atoms with Crippen LogP contribution >= 0.6 is 0 Å². The molecule has 0 aliphatic rings. The molecule has 70 valence electrons. The summed E-state index contributed by atoms with van der Waals surface area (Å²) in [5.74, 6) is 0. The molecule has 0 heterocycles. The van der Waals surface area contributed by atoms with E-state index in [2.05, 4.69) is 50.0 Å². The average Bonchev–Trinajstić information content (AvgIpc) is 2.18. The molecule has 0 spiro atoms. The van der Waals surface area contributed by atoms with Crippen molar-refractivity contribution in [2.45, 2.75) is 19.4 Å². The Morgan fingerprint density at radius 1 is 1.23 bits per heavy atom. The first-order chi connectivity index (χ1) is 6.10. The zero-order chi connectivity index (χ0) is 9.90. The Hall–Kier alpha value is -1.08. The van der Waals surface area contributed by atoms with Crippen molar-refractivity contribution in [2.24, 2.45) is 0 Å². The van der Waals surface area contributed by atoms with Crippen LogP contribution in [0, 0.1) is 0 Å². The monoisotopic (exact) mass is 175 g/mol. The molecule has 0 unspecified atom stereocenters. The summed E-state index contributed by atoms with van der Waals surface area (Å²) < 4.78 is 0. The molecule has 0 saturated carbocycles. The summed E-state index contributed by atoms with van der Waals surface area (Å²) in [6, 6.07) is 8.43. The summed E-state index contributed by atoms with van der Waals surface area (Å²) >= 11 is 0. The normalized spacial score (nSPS) is 11.3. The third-order valence-electron chi connectivity index (χ3n) is 2.49. The van der Waals surface area contributed by atoms with Crippen molar-refractivity contribution in [1.82, 2.24) is 5.32 Å². The van der Waals surface area contributed by atoms with E-state index in [4.69, 9.17) is 0 Å². The molecule has 0 fully saturated rings. The molecule has 0 radical (unpaired) electrons. The summed E-state index contributed by atoms with van der Waals surface area (Å²) in [5.41, 5.74) is 2.50. The highest BCUT2D eigenvalue weighted by atomic mass is 14.9. The van der Waals surface area contributed by atoms with Crippen molar-refractivity contribution < 1.29 is 0 Å². The van der Waals surface area contributed by atoms with Crippen LogP contribution in [0.1, 0.15) is 25.0 Å². The molecule has 0 bridgehead atoms. The minimum Gasteiger partial charge on any atom is -0.311 e. The predicted octanol–water partition coefficient (Wildman–Crippen LogP) is 2.78. The Morgan fingerprint density at radius 3 is 2.15 bits per heavy atom. The molecule has 13 heavy (non-hydrogen) atoms. The van der Waals surface area contributed by atoms with E-state index in [1.165, 1.54) is 5.56 Å². The zero-order valence-corrected chi connectivity index (χ0v) is 8.59. The lowest BCUT2D eigenvalue weighted by molar-refractivity contribution is 0.444. The summed E-state index contributed by atoms with van der Waals surface area (Å²) in [6.45, 7) is 8.05. The molecule has 0 aromatic heterocycles. The smallest absolute Gasteiger partial charge is 0.0374 e. The van der Waals surface area contributed by atoms with Gasteiger partial charge in [0.1, 0.15) is 0 Å². The highest BCUT2D eigenvalue weighted by molar-refractivity contribution is 5.47. The molecular formula is C12H17N. The standard InChI is InChI=1S/C12H17N/c1-5-10-6-8-11(9-7-10)12(2,3)13-4/h5-9,13H,1H2,2-4H3. The molecule has 1 nitrogen and oxygen atoms in total. The lowest BCUT2D eigenvalue weighted by atomic mass is 9.94. The maximum Gasteiger partial charge on any atom is 0.0374 e. The van der Waals surface area contributed by atoms with Gasteiger partial charge in [-0.05, 0) is 32.0 Å². The van der Waals surface area contributed by atoms with Gasteiger partial charge < -0.3 is 5.32 Å². The van der Waals surface area contributed by atoms with E-state index in [0.717, 1.165) is 5.56 Å². The van der Waals surface area contributed by atoms with E-state index in [1.807, 2.05) is 13.1 Å². The van der Waals surface area contributed by atoms with E-state index >= 15 is 0 Å². The van der Waals surface area contributed by atoms with Crippen LogP contribution in [0.4, 0.5) is 0 Å². The van der Waals surface area contributed by atoms with Crippen LogP contribution in [-0.2, 0) is 5.54 Å². The Labute approximate surface area is 80.5 Å². The first-order valence-corrected chi connectivity index (χ1v) is 4.52. The summed E-state index contributed by atoms with van der Waals surface area (Å²) in [4.78, 5) is 0. The van der Waals surface area contributed by atoms with Crippen LogP contribution < -0.4 is 5.32 Å². The maximum atomic E-state index is 3.73. The number of nitrogens with one attached hydrogen (secondary N) is 1. The van der Waals surface area contributed by atoms with Crippen molar-refractivity contribution in [2.75, 3.05) is 7.05 Å².